The first kappa shape index (κ1) is 10.9. The van der Waals surface area contributed by atoms with E-state index in [9.17, 15) is 10.1 Å². The molecule has 4 nitrogen and oxygen atoms in total. The molecule has 0 bridgehead atoms. The Bertz CT molecular complexity index is 373. The van der Waals surface area contributed by atoms with Crippen molar-refractivity contribution in [3.63, 3.8) is 0 Å². The maximum Gasteiger partial charge on any atom is 0.207 e. The minimum Gasteiger partial charge on any atom is -0.371 e. The Balaban J connectivity index is 2.13. The molecule has 0 saturated carbocycles. The van der Waals surface area contributed by atoms with Crippen molar-refractivity contribution in [2.45, 2.75) is 19.3 Å². The third-order valence-electron chi connectivity index (χ3n) is 3.00. The summed E-state index contributed by atoms with van der Waals surface area (Å²) in [5.41, 5.74) is 2.28. The van der Waals surface area contributed by atoms with E-state index in [0.717, 1.165) is 18.7 Å². The molecule has 1 fully saturated rings. The first-order valence-electron chi connectivity index (χ1n) is 5.72. The SMILES string of the molecule is O=[N+]([O-])CCc1ccccc1N1CCCC1. The molecule has 0 radical (unpaired) electrons. The van der Waals surface area contributed by atoms with Gasteiger partial charge < -0.3 is 4.90 Å². The van der Waals surface area contributed by atoms with Crippen LogP contribution in [0.5, 0.6) is 0 Å². The van der Waals surface area contributed by atoms with E-state index >= 15 is 0 Å². The molecule has 0 spiro atoms. The van der Waals surface area contributed by atoms with Crippen molar-refractivity contribution in [1.82, 2.24) is 0 Å². The quantitative estimate of drug-likeness (QED) is 0.576. The van der Waals surface area contributed by atoms with Gasteiger partial charge in [-0.15, -0.1) is 0 Å². The van der Waals surface area contributed by atoms with Crippen molar-refractivity contribution < 1.29 is 4.92 Å². The van der Waals surface area contributed by atoms with E-state index in [2.05, 4.69) is 11.0 Å². The molecule has 1 heterocycles. The summed E-state index contributed by atoms with van der Waals surface area (Å²) in [5, 5.41) is 10.4. The number of anilines is 1. The van der Waals surface area contributed by atoms with Crippen LogP contribution in [0.3, 0.4) is 0 Å². The third kappa shape index (κ3) is 2.51. The zero-order valence-electron chi connectivity index (χ0n) is 9.26. The molecule has 0 aliphatic carbocycles. The lowest BCUT2D eigenvalue weighted by Crippen LogP contribution is -2.20. The predicted octanol–water partition coefficient (Wildman–Crippen LogP) is 2.11. The smallest absolute Gasteiger partial charge is 0.207 e. The largest absolute Gasteiger partial charge is 0.371 e. The topological polar surface area (TPSA) is 46.4 Å². The summed E-state index contributed by atoms with van der Waals surface area (Å²) in [7, 11) is 0. The van der Waals surface area contributed by atoms with Gasteiger partial charge in [0.25, 0.3) is 0 Å². The summed E-state index contributed by atoms with van der Waals surface area (Å²) in [6.07, 6.45) is 2.98. The second-order valence-electron chi connectivity index (χ2n) is 4.13. The number of hydrogen-bond acceptors (Lipinski definition) is 3. The van der Waals surface area contributed by atoms with Gasteiger partial charge in [-0.3, -0.25) is 10.1 Å². The van der Waals surface area contributed by atoms with Crippen LogP contribution in [0, 0.1) is 10.1 Å². The van der Waals surface area contributed by atoms with Crippen molar-refractivity contribution in [3.8, 4) is 0 Å². The number of nitrogens with zero attached hydrogens (tertiary/aromatic N) is 2. The predicted molar refractivity (Wildman–Crippen MR) is 63.5 cm³/mol. The Hall–Kier alpha value is -1.58. The fraction of sp³-hybridized carbons (Fsp3) is 0.500. The molecule has 2 rings (SSSR count). The molecular weight excluding hydrogens is 204 g/mol. The molecule has 86 valence electrons. The van der Waals surface area contributed by atoms with Gasteiger partial charge in [0.05, 0.1) is 0 Å². The third-order valence-corrected chi connectivity index (χ3v) is 3.00. The van der Waals surface area contributed by atoms with Crippen LogP contribution in [0.1, 0.15) is 18.4 Å². The highest BCUT2D eigenvalue weighted by Crippen LogP contribution is 2.24. The highest BCUT2D eigenvalue weighted by Gasteiger charge is 2.15. The molecule has 0 N–H and O–H groups in total. The molecule has 16 heavy (non-hydrogen) atoms. The maximum absolute atomic E-state index is 10.4. The highest BCUT2D eigenvalue weighted by atomic mass is 16.6. The Morgan fingerprint density at radius 2 is 1.94 bits per heavy atom. The average Bonchev–Trinajstić information content (AvgIpc) is 2.80. The van der Waals surface area contributed by atoms with Crippen LogP contribution in [0.4, 0.5) is 5.69 Å². The molecule has 1 saturated heterocycles. The lowest BCUT2D eigenvalue weighted by Gasteiger charge is -2.20. The van der Waals surface area contributed by atoms with Crippen molar-refractivity contribution in [2.24, 2.45) is 0 Å². The van der Waals surface area contributed by atoms with Crippen LogP contribution in [0.25, 0.3) is 0 Å². The zero-order chi connectivity index (χ0) is 11.4. The van der Waals surface area contributed by atoms with E-state index in [0.29, 0.717) is 6.42 Å². The molecular formula is C12H16N2O2. The van der Waals surface area contributed by atoms with Gasteiger partial charge in [0.15, 0.2) is 0 Å². The minimum atomic E-state index is -0.249. The van der Waals surface area contributed by atoms with E-state index in [4.69, 9.17) is 0 Å². The van der Waals surface area contributed by atoms with Crippen LogP contribution in [-0.2, 0) is 6.42 Å². The monoisotopic (exact) mass is 220 g/mol. The fourth-order valence-corrected chi connectivity index (χ4v) is 2.20. The van der Waals surface area contributed by atoms with Gasteiger partial charge in [-0.25, -0.2) is 0 Å². The molecule has 1 aromatic rings. The standard InChI is InChI=1S/C12H16N2O2/c15-14(16)10-7-11-5-1-2-6-12(11)13-8-3-4-9-13/h1-2,5-6H,3-4,7-10H2. The van der Waals surface area contributed by atoms with E-state index in [1.807, 2.05) is 18.2 Å². The van der Waals surface area contributed by atoms with Gasteiger partial charge in [-0.05, 0) is 24.5 Å². The summed E-state index contributed by atoms with van der Waals surface area (Å²) in [6, 6.07) is 8.02. The van der Waals surface area contributed by atoms with Gasteiger partial charge in [-0.2, -0.15) is 0 Å². The summed E-state index contributed by atoms with van der Waals surface area (Å²) in [4.78, 5) is 12.5. The van der Waals surface area contributed by atoms with Crippen LogP contribution >= 0.6 is 0 Å². The first-order valence-corrected chi connectivity index (χ1v) is 5.72. The fourth-order valence-electron chi connectivity index (χ4n) is 2.20. The van der Waals surface area contributed by atoms with Gasteiger partial charge in [0.2, 0.25) is 6.54 Å². The Kier molecular flexibility index (Phi) is 3.39. The maximum atomic E-state index is 10.4. The molecule has 4 heteroatoms. The van der Waals surface area contributed by atoms with Crippen LogP contribution in [0.15, 0.2) is 24.3 Å². The number of rotatable bonds is 4. The van der Waals surface area contributed by atoms with Crippen molar-refractivity contribution in [2.75, 3.05) is 24.5 Å². The van der Waals surface area contributed by atoms with Crippen LogP contribution < -0.4 is 4.90 Å². The number of para-hydroxylation sites is 1. The normalized spacial score (nSPS) is 15.4. The number of hydrogen-bond donors (Lipinski definition) is 0. The number of benzene rings is 1. The molecule has 1 aliphatic heterocycles. The zero-order valence-corrected chi connectivity index (χ0v) is 9.26. The summed E-state index contributed by atoms with van der Waals surface area (Å²) in [5.74, 6) is 0. The summed E-state index contributed by atoms with van der Waals surface area (Å²) in [6.45, 7) is 2.18. The lowest BCUT2D eigenvalue weighted by molar-refractivity contribution is -0.479. The Morgan fingerprint density at radius 1 is 1.25 bits per heavy atom. The van der Waals surface area contributed by atoms with Crippen molar-refractivity contribution >= 4 is 5.69 Å². The Morgan fingerprint density at radius 3 is 2.62 bits per heavy atom. The van der Waals surface area contributed by atoms with Crippen molar-refractivity contribution in [3.05, 3.63) is 39.9 Å². The van der Waals surface area contributed by atoms with Crippen molar-refractivity contribution in [1.29, 1.82) is 0 Å². The Labute approximate surface area is 95.0 Å². The molecule has 1 aliphatic rings. The molecule has 0 aromatic heterocycles. The van der Waals surface area contributed by atoms with Gasteiger partial charge >= 0.3 is 0 Å². The summed E-state index contributed by atoms with van der Waals surface area (Å²) < 4.78 is 0. The highest BCUT2D eigenvalue weighted by molar-refractivity contribution is 5.54. The van der Waals surface area contributed by atoms with E-state index < -0.39 is 0 Å². The van der Waals surface area contributed by atoms with Crippen LogP contribution in [0.2, 0.25) is 0 Å². The van der Waals surface area contributed by atoms with Crippen LogP contribution in [-0.4, -0.2) is 24.6 Å². The molecule has 0 unspecified atom stereocenters. The van der Waals surface area contributed by atoms with E-state index in [1.54, 1.807) is 0 Å². The number of nitro groups is 1. The van der Waals surface area contributed by atoms with E-state index in [-0.39, 0.29) is 11.5 Å². The molecule has 1 aromatic carbocycles. The average molecular weight is 220 g/mol. The van der Waals surface area contributed by atoms with Gasteiger partial charge in [0, 0.05) is 30.1 Å². The second-order valence-corrected chi connectivity index (χ2v) is 4.13. The molecule has 0 amide bonds. The summed E-state index contributed by atoms with van der Waals surface area (Å²) >= 11 is 0. The van der Waals surface area contributed by atoms with E-state index in [1.165, 1.54) is 18.5 Å². The minimum absolute atomic E-state index is 0.0187. The second kappa shape index (κ2) is 4.96. The lowest BCUT2D eigenvalue weighted by atomic mass is 10.1. The first-order chi connectivity index (χ1) is 7.77. The van der Waals surface area contributed by atoms with Gasteiger partial charge in [-0.1, -0.05) is 18.2 Å². The molecule has 0 atom stereocenters. The van der Waals surface area contributed by atoms with Gasteiger partial charge in [0.1, 0.15) is 0 Å².